The van der Waals surface area contributed by atoms with Gasteiger partial charge in [-0.25, -0.2) is 0 Å². The Kier molecular flexibility index (Phi) is 5.00. The zero-order valence-electron chi connectivity index (χ0n) is 10.2. The van der Waals surface area contributed by atoms with E-state index < -0.39 is 34.7 Å². The fraction of sp³-hybridized carbons (Fsp3) is 0.455. The molecule has 0 aliphatic rings. The maximum Gasteiger partial charge on any atom is 0.416 e. The van der Waals surface area contributed by atoms with Crippen molar-refractivity contribution < 1.29 is 23.0 Å². The molecule has 0 N–H and O–H groups in total. The van der Waals surface area contributed by atoms with Crippen LogP contribution in [-0.4, -0.2) is 22.9 Å². The van der Waals surface area contributed by atoms with Gasteiger partial charge < -0.3 is 0 Å². The third-order valence-corrected chi connectivity index (χ3v) is 2.55. The van der Waals surface area contributed by atoms with Crippen molar-refractivity contribution in [3.05, 3.63) is 55.1 Å². The topological polar surface area (TPSA) is 86.3 Å². The highest BCUT2D eigenvalue weighted by molar-refractivity contribution is 5.32. The number of nitrogens with zero attached hydrogens (tertiary/aromatic N) is 2. The van der Waals surface area contributed by atoms with Crippen LogP contribution in [0.2, 0.25) is 0 Å². The van der Waals surface area contributed by atoms with E-state index in [2.05, 4.69) is 0 Å². The molecule has 110 valence electrons. The van der Waals surface area contributed by atoms with E-state index >= 15 is 0 Å². The molecule has 0 saturated carbocycles. The van der Waals surface area contributed by atoms with Gasteiger partial charge in [0.05, 0.1) is 5.56 Å². The monoisotopic (exact) mass is 292 g/mol. The number of hydrogen-bond donors (Lipinski definition) is 0. The number of hydrogen-bond acceptors (Lipinski definition) is 4. The minimum Gasteiger partial charge on any atom is -0.265 e. The lowest BCUT2D eigenvalue weighted by atomic mass is 10.0. The summed E-state index contributed by atoms with van der Waals surface area (Å²) in [6.07, 6.45) is -4.89. The van der Waals surface area contributed by atoms with Crippen molar-refractivity contribution in [3.8, 4) is 0 Å². The number of alkyl halides is 3. The van der Waals surface area contributed by atoms with Crippen molar-refractivity contribution in [3.63, 3.8) is 0 Å². The minimum atomic E-state index is -4.59. The van der Waals surface area contributed by atoms with E-state index in [0.717, 1.165) is 12.1 Å². The van der Waals surface area contributed by atoms with Crippen LogP contribution in [0.15, 0.2) is 18.2 Å². The Labute approximate surface area is 111 Å². The zero-order valence-corrected chi connectivity index (χ0v) is 10.2. The Morgan fingerprint density at radius 1 is 0.900 bits per heavy atom. The Morgan fingerprint density at radius 3 is 1.60 bits per heavy atom. The molecule has 1 aromatic rings. The molecule has 0 spiro atoms. The summed E-state index contributed by atoms with van der Waals surface area (Å²) < 4.78 is 38.0. The summed E-state index contributed by atoms with van der Waals surface area (Å²) in [7, 11) is 0. The van der Waals surface area contributed by atoms with Crippen LogP contribution in [0.3, 0.4) is 0 Å². The van der Waals surface area contributed by atoms with Gasteiger partial charge in [0.15, 0.2) is 0 Å². The molecule has 0 aliphatic heterocycles. The Bertz CT molecular complexity index is 481. The molecule has 0 aromatic heterocycles. The SMILES string of the molecule is O=[N+]([O-])CCc1cc(CC[N+](=O)[O-])cc(C(F)(F)F)c1. The van der Waals surface area contributed by atoms with Crippen LogP contribution >= 0.6 is 0 Å². The van der Waals surface area contributed by atoms with E-state index in [9.17, 15) is 33.4 Å². The Morgan fingerprint density at radius 2 is 1.30 bits per heavy atom. The molecule has 0 saturated heterocycles. The highest BCUT2D eigenvalue weighted by Crippen LogP contribution is 2.31. The van der Waals surface area contributed by atoms with E-state index in [4.69, 9.17) is 0 Å². The molecule has 0 amide bonds. The molecule has 1 aromatic carbocycles. The summed E-state index contributed by atoms with van der Waals surface area (Å²) in [6, 6.07) is 3.00. The maximum absolute atomic E-state index is 12.7. The van der Waals surface area contributed by atoms with Gasteiger partial charge in [-0.3, -0.25) is 20.2 Å². The van der Waals surface area contributed by atoms with E-state index in [1.54, 1.807) is 0 Å². The van der Waals surface area contributed by atoms with E-state index in [1.807, 2.05) is 0 Å². The third kappa shape index (κ3) is 5.21. The maximum atomic E-state index is 12.7. The molecule has 6 nitrogen and oxygen atoms in total. The number of halogens is 3. The molecular weight excluding hydrogens is 281 g/mol. The van der Waals surface area contributed by atoms with Gasteiger partial charge in [-0.1, -0.05) is 6.07 Å². The highest BCUT2D eigenvalue weighted by atomic mass is 19.4. The first kappa shape index (κ1) is 15.9. The second kappa shape index (κ2) is 6.31. The van der Waals surface area contributed by atoms with Gasteiger partial charge in [0.25, 0.3) is 0 Å². The van der Waals surface area contributed by atoms with Gasteiger partial charge >= 0.3 is 6.18 Å². The molecule has 0 bridgehead atoms. The molecule has 0 atom stereocenters. The first-order valence-corrected chi connectivity index (χ1v) is 5.62. The average Bonchev–Trinajstić information content (AvgIpc) is 2.32. The van der Waals surface area contributed by atoms with Gasteiger partial charge in [0, 0.05) is 22.7 Å². The number of rotatable bonds is 6. The van der Waals surface area contributed by atoms with Crippen molar-refractivity contribution in [1.82, 2.24) is 0 Å². The van der Waals surface area contributed by atoms with Crippen LogP contribution in [0, 0.1) is 20.2 Å². The van der Waals surface area contributed by atoms with Crippen LogP contribution in [0.4, 0.5) is 13.2 Å². The van der Waals surface area contributed by atoms with Crippen LogP contribution in [-0.2, 0) is 19.0 Å². The van der Waals surface area contributed by atoms with Gasteiger partial charge in [0.1, 0.15) is 0 Å². The summed E-state index contributed by atoms with van der Waals surface area (Å²) in [5.41, 5.74) is -0.651. The van der Waals surface area contributed by atoms with E-state index in [0.29, 0.717) is 0 Å². The smallest absolute Gasteiger partial charge is 0.265 e. The third-order valence-electron chi connectivity index (χ3n) is 2.55. The summed E-state index contributed by atoms with van der Waals surface area (Å²) in [4.78, 5) is 19.2. The van der Waals surface area contributed by atoms with Crippen molar-refractivity contribution >= 4 is 0 Å². The lowest BCUT2D eigenvalue weighted by molar-refractivity contribution is -0.479. The van der Waals surface area contributed by atoms with Gasteiger partial charge in [-0.15, -0.1) is 0 Å². The van der Waals surface area contributed by atoms with Gasteiger partial charge in [-0.05, 0) is 23.3 Å². The van der Waals surface area contributed by atoms with Crippen molar-refractivity contribution in [1.29, 1.82) is 0 Å². The van der Waals surface area contributed by atoms with Crippen molar-refractivity contribution in [2.45, 2.75) is 19.0 Å². The fourth-order valence-corrected chi connectivity index (χ4v) is 1.66. The Hall–Kier alpha value is -2.19. The average molecular weight is 292 g/mol. The minimum absolute atomic E-state index is 0.148. The molecule has 0 heterocycles. The molecule has 0 fully saturated rings. The summed E-state index contributed by atoms with van der Waals surface area (Å²) >= 11 is 0. The zero-order chi connectivity index (χ0) is 15.3. The Balaban J connectivity index is 3.01. The second-order valence-corrected chi connectivity index (χ2v) is 4.15. The summed E-state index contributed by atoms with van der Waals surface area (Å²) in [5.74, 6) is 0. The fourth-order valence-electron chi connectivity index (χ4n) is 1.66. The summed E-state index contributed by atoms with van der Waals surface area (Å²) in [6.45, 7) is -0.980. The summed E-state index contributed by atoms with van der Waals surface area (Å²) in [5, 5.41) is 20.5. The van der Waals surface area contributed by atoms with Crippen LogP contribution in [0.5, 0.6) is 0 Å². The first-order chi connectivity index (χ1) is 9.18. The van der Waals surface area contributed by atoms with Crippen molar-refractivity contribution in [2.75, 3.05) is 13.1 Å². The first-order valence-electron chi connectivity index (χ1n) is 5.62. The van der Waals surface area contributed by atoms with E-state index in [1.165, 1.54) is 6.07 Å². The van der Waals surface area contributed by atoms with Crippen LogP contribution in [0.25, 0.3) is 0 Å². The highest BCUT2D eigenvalue weighted by Gasteiger charge is 2.31. The molecule has 20 heavy (non-hydrogen) atoms. The largest absolute Gasteiger partial charge is 0.416 e. The quantitative estimate of drug-likeness (QED) is 0.595. The predicted molar refractivity (Wildman–Crippen MR) is 62.6 cm³/mol. The molecule has 9 heteroatoms. The van der Waals surface area contributed by atoms with Crippen LogP contribution < -0.4 is 0 Å². The lowest BCUT2D eigenvalue weighted by Gasteiger charge is -2.11. The molecule has 0 unspecified atom stereocenters. The van der Waals surface area contributed by atoms with E-state index in [-0.39, 0.29) is 24.0 Å². The molecule has 0 aliphatic carbocycles. The standard InChI is InChI=1S/C11H11F3N2O4/c12-11(13,14)10-6-8(1-3-15(17)18)5-9(7-10)2-4-16(19)20/h5-7H,1-4H2. The normalized spacial score (nSPS) is 11.3. The second-order valence-electron chi connectivity index (χ2n) is 4.15. The lowest BCUT2D eigenvalue weighted by Crippen LogP contribution is -2.11. The number of benzene rings is 1. The predicted octanol–water partition coefficient (Wildman–Crippen LogP) is 2.34. The van der Waals surface area contributed by atoms with Crippen LogP contribution in [0.1, 0.15) is 16.7 Å². The van der Waals surface area contributed by atoms with Crippen molar-refractivity contribution in [2.24, 2.45) is 0 Å². The molecule has 0 radical (unpaired) electrons. The molecule has 1 rings (SSSR count). The van der Waals surface area contributed by atoms with Gasteiger partial charge in [0.2, 0.25) is 13.1 Å². The molecular formula is C11H11F3N2O4. The number of nitro groups is 2. The van der Waals surface area contributed by atoms with Gasteiger partial charge in [-0.2, -0.15) is 13.2 Å².